The molecule has 0 radical (unpaired) electrons. The summed E-state index contributed by atoms with van der Waals surface area (Å²) in [7, 11) is 1.58. The monoisotopic (exact) mass is 269 g/mol. The molecular formula is C13H20FN3O2. The lowest BCUT2D eigenvalue weighted by Gasteiger charge is -2.17. The van der Waals surface area contributed by atoms with E-state index in [1.807, 2.05) is 13.8 Å². The molecule has 0 spiro atoms. The largest absolute Gasteiger partial charge is 0.397 e. The van der Waals surface area contributed by atoms with E-state index in [0.717, 1.165) is 5.69 Å². The van der Waals surface area contributed by atoms with E-state index in [9.17, 15) is 4.39 Å². The highest BCUT2D eigenvalue weighted by atomic mass is 19.1. The Balaban J connectivity index is 2.25. The van der Waals surface area contributed by atoms with Crippen LogP contribution in [-0.2, 0) is 9.47 Å². The van der Waals surface area contributed by atoms with Crippen molar-refractivity contribution in [2.24, 2.45) is 11.7 Å². The molecule has 1 aliphatic rings. The lowest BCUT2D eigenvalue weighted by molar-refractivity contribution is -0.0479. The molecule has 4 atom stereocenters. The first kappa shape index (κ1) is 14.0. The number of hydrogen-bond donors (Lipinski definition) is 1. The van der Waals surface area contributed by atoms with E-state index in [1.54, 1.807) is 18.0 Å². The van der Waals surface area contributed by atoms with Crippen molar-refractivity contribution < 1.29 is 13.9 Å². The number of alkyl halides is 1. The van der Waals surface area contributed by atoms with E-state index in [1.165, 1.54) is 0 Å². The second-order valence-corrected chi connectivity index (χ2v) is 4.94. The smallest absolute Gasteiger partial charge is 0.167 e. The second kappa shape index (κ2) is 5.30. The summed E-state index contributed by atoms with van der Waals surface area (Å²) in [4.78, 5) is 4.15. The molecule has 106 valence electrons. The SMILES string of the molecule is C=C(N)c1ncn([C@@H]2O[C@H](COC)[C@@H](C)[C@H]2F)c1C. The van der Waals surface area contributed by atoms with Crippen molar-refractivity contribution in [3.8, 4) is 0 Å². The molecule has 0 bridgehead atoms. The molecule has 1 fully saturated rings. The zero-order valence-electron chi connectivity index (χ0n) is 11.5. The van der Waals surface area contributed by atoms with Crippen LogP contribution in [0.5, 0.6) is 0 Å². The lowest BCUT2D eigenvalue weighted by atomic mass is 10.0. The molecule has 1 saturated heterocycles. The average Bonchev–Trinajstić information content (AvgIpc) is 2.85. The fourth-order valence-corrected chi connectivity index (χ4v) is 2.41. The minimum absolute atomic E-state index is 0.226. The summed E-state index contributed by atoms with van der Waals surface area (Å²) in [5.41, 5.74) is 7.34. The Morgan fingerprint density at radius 1 is 1.68 bits per heavy atom. The van der Waals surface area contributed by atoms with Crippen molar-refractivity contribution in [2.45, 2.75) is 32.4 Å². The van der Waals surface area contributed by atoms with Gasteiger partial charge in [-0.3, -0.25) is 0 Å². The summed E-state index contributed by atoms with van der Waals surface area (Å²) in [6.07, 6.45) is -0.499. The number of imidazole rings is 1. The van der Waals surface area contributed by atoms with Crippen LogP contribution in [-0.4, -0.2) is 35.5 Å². The summed E-state index contributed by atoms with van der Waals surface area (Å²) in [5, 5.41) is 0. The summed E-state index contributed by atoms with van der Waals surface area (Å²) in [5.74, 6) is -0.226. The number of aromatic nitrogens is 2. The highest BCUT2D eigenvalue weighted by molar-refractivity contribution is 5.58. The molecule has 19 heavy (non-hydrogen) atoms. The van der Waals surface area contributed by atoms with Gasteiger partial charge in [-0.1, -0.05) is 13.5 Å². The van der Waals surface area contributed by atoms with Gasteiger partial charge in [0.25, 0.3) is 0 Å². The van der Waals surface area contributed by atoms with Crippen molar-refractivity contribution >= 4 is 5.70 Å². The van der Waals surface area contributed by atoms with Gasteiger partial charge in [-0.25, -0.2) is 9.37 Å². The minimum atomic E-state index is -1.10. The van der Waals surface area contributed by atoms with Gasteiger partial charge in [-0.15, -0.1) is 0 Å². The number of nitrogens with two attached hydrogens (primary N) is 1. The average molecular weight is 269 g/mol. The van der Waals surface area contributed by atoms with Crippen molar-refractivity contribution in [3.05, 3.63) is 24.3 Å². The predicted molar refractivity (Wildman–Crippen MR) is 70.0 cm³/mol. The fourth-order valence-electron chi connectivity index (χ4n) is 2.41. The van der Waals surface area contributed by atoms with Crippen molar-refractivity contribution in [2.75, 3.05) is 13.7 Å². The highest BCUT2D eigenvalue weighted by Crippen LogP contribution is 2.37. The molecular weight excluding hydrogens is 249 g/mol. The van der Waals surface area contributed by atoms with E-state index in [-0.39, 0.29) is 12.0 Å². The molecule has 1 aromatic heterocycles. The number of rotatable bonds is 4. The van der Waals surface area contributed by atoms with Crippen LogP contribution in [0.4, 0.5) is 4.39 Å². The Morgan fingerprint density at radius 3 is 2.89 bits per heavy atom. The normalized spacial score (nSPS) is 30.7. The molecule has 2 rings (SSSR count). The Kier molecular flexibility index (Phi) is 3.91. The van der Waals surface area contributed by atoms with Crippen LogP contribution in [0.2, 0.25) is 0 Å². The third-order valence-electron chi connectivity index (χ3n) is 3.63. The summed E-state index contributed by atoms with van der Waals surface area (Å²) in [6.45, 7) is 7.68. The molecule has 2 N–H and O–H groups in total. The Morgan fingerprint density at radius 2 is 2.37 bits per heavy atom. The van der Waals surface area contributed by atoms with Gasteiger partial charge in [0.2, 0.25) is 0 Å². The first-order chi connectivity index (χ1) is 8.97. The van der Waals surface area contributed by atoms with Crippen LogP contribution >= 0.6 is 0 Å². The molecule has 0 aromatic carbocycles. The van der Waals surface area contributed by atoms with E-state index in [0.29, 0.717) is 18.0 Å². The number of hydrogen-bond acceptors (Lipinski definition) is 4. The maximum atomic E-state index is 14.3. The van der Waals surface area contributed by atoms with Gasteiger partial charge < -0.3 is 19.8 Å². The van der Waals surface area contributed by atoms with Gasteiger partial charge in [-0.05, 0) is 6.92 Å². The Bertz CT molecular complexity index is 474. The minimum Gasteiger partial charge on any atom is -0.397 e. The van der Waals surface area contributed by atoms with Gasteiger partial charge in [0.1, 0.15) is 5.69 Å². The summed E-state index contributed by atoms with van der Waals surface area (Å²) < 4.78 is 26.8. The van der Waals surface area contributed by atoms with Gasteiger partial charge >= 0.3 is 0 Å². The zero-order chi connectivity index (χ0) is 14.2. The van der Waals surface area contributed by atoms with Crippen molar-refractivity contribution in [1.29, 1.82) is 0 Å². The first-order valence-electron chi connectivity index (χ1n) is 6.24. The van der Waals surface area contributed by atoms with Crippen LogP contribution in [0, 0.1) is 12.8 Å². The quantitative estimate of drug-likeness (QED) is 0.902. The molecule has 2 heterocycles. The molecule has 5 nitrogen and oxygen atoms in total. The van der Waals surface area contributed by atoms with Crippen molar-refractivity contribution in [3.63, 3.8) is 0 Å². The molecule has 0 saturated carbocycles. The zero-order valence-corrected chi connectivity index (χ0v) is 11.5. The van der Waals surface area contributed by atoms with Crippen molar-refractivity contribution in [1.82, 2.24) is 9.55 Å². The summed E-state index contributed by atoms with van der Waals surface area (Å²) in [6, 6.07) is 0. The van der Waals surface area contributed by atoms with Gasteiger partial charge in [0, 0.05) is 18.7 Å². The third kappa shape index (κ3) is 2.37. The fraction of sp³-hybridized carbons (Fsp3) is 0.615. The van der Waals surface area contributed by atoms with Gasteiger partial charge in [0.15, 0.2) is 12.4 Å². The molecule has 1 aliphatic heterocycles. The number of halogens is 1. The van der Waals surface area contributed by atoms with E-state index < -0.39 is 12.4 Å². The predicted octanol–water partition coefficient (Wildman–Crippen LogP) is 1.64. The Labute approximate surface area is 112 Å². The topological polar surface area (TPSA) is 62.3 Å². The molecule has 0 amide bonds. The van der Waals surface area contributed by atoms with E-state index in [2.05, 4.69) is 11.6 Å². The highest BCUT2D eigenvalue weighted by Gasteiger charge is 2.43. The van der Waals surface area contributed by atoms with Crippen LogP contribution in [0.3, 0.4) is 0 Å². The first-order valence-corrected chi connectivity index (χ1v) is 6.24. The maximum absolute atomic E-state index is 14.3. The molecule has 0 aliphatic carbocycles. The van der Waals surface area contributed by atoms with Gasteiger partial charge in [-0.2, -0.15) is 0 Å². The number of nitrogens with zero attached hydrogens (tertiary/aromatic N) is 2. The number of ether oxygens (including phenoxy) is 2. The second-order valence-electron chi connectivity index (χ2n) is 4.94. The maximum Gasteiger partial charge on any atom is 0.167 e. The standard InChI is InChI=1S/C13H20FN3O2/c1-7-10(5-18-4)19-13(11(7)14)17-6-16-12(8(2)15)9(17)3/h6-7,10-11,13H,2,5,15H2,1,3-4H3/t7-,10-,11-,13-/m1/s1. The number of methoxy groups -OCH3 is 1. The van der Waals surface area contributed by atoms with Crippen LogP contribution < -0.4 is 5.73 Å². The molecule has 6 heteroatoms. The summed E-state index contributed by atoms with van der Waals surface area (Å²) >= 11 is 0. The van der Waals surface area contributed by atoms with Gasteiger partial charge in [0.05, 0.1) is 24.7 Å². The molecule has 0 unspecified atom stereocenters. The molecule has 1 aromatic rings. The Hall–Kier alpha value is -1.40. The van der Waals surface area contributed by atoms with Crippen LogP contribution in [0.15, 0.2) is 12.9 Å². The third-order valence-corrected chi connectivity index (χ3v) is 3.63. The van der Waals surface area contributed by atoms with E-state index in [4.69, 9.17) is 15.2 Å². The van der Waals surface area contributed by atoms with Crippen LogP contribution in [0.1, 0.15) is 24.5 Å². The lowest BCUT2D eigenvalue weighted by Crippen LogP contribution is -2.22. The van der Waals surface area contributed by atoms with Crippen LogP contribution in [0.25, 0.3) is 5.70 Å². The van der Waals surface area contributed by atoms with E-state index >= 15 is 0 Å².